The van der Waals surface area contributed by atoms with E-state index in [1.807, 2.05) is 25.1 Å². The number of carbonyl (C=O) groups excluding carboxylic acids is 3. The van der Waals surface area contributed by atoms with E-state index in [4.69, 9.17) is 16.3 Å². The van der Waals surface area contributed by atoms with E-state index in [-0.39, 0.29) is 24.1 Å². The molecule has 39 heavy (non-hydrogen) atoms. The third-order valence-electron chi connectivity index (χ3n) is 7.55. The standard InChI is InChI=1S/C30H29Br2ClN2O4/c1-3-35-22-6-4-8-24(36)28(22)27(29-23(35)7-5-9-25(29)37)19-12-17(31)13-20(32)30(19)39-15-26(38)34-18-11-10-16(2)21(33)14-18/h10-14,27H,3-9,15H2,1-2H3,(H,34,38). The van der Waals surface area contributed by atoms with Gasteiger partial charge in [-0.1, -0.05) is 33.6 Å². The Kier molecular flexibility index (Phi) is 8.36. The van der Waals surface area contributed by atoms with Gasteiger partial charge in [-0.05, 0) is 85.3 Å². The van der Waals surface area contributed by atoms with E-state index >= 15 is 0 Å². The molecule has 1 heterocycles. The van der Waals surface area contributed by atoms with E-state index in [2.05, 4.69) is 49.0 Å². The highest BCUT2D eigenvalue weighted by atomic mass is 79.9. The molecule has 3 aliphatic rings. The second kappa shape index (κ2) is 11.6. The lowest BCUT2D eigenvalue weighted by Gasteiger charge is -2.43. The Balaban J connectivity index is 1.55. The third kappa shape index (κ3) is 5.48. The first kappa shape index (κ1) is 28.1. The average molecular weight is 677 g/mol. The van der Waals surface area contributed by atoms with Crippen molar-refractivity contribution in [3.05, 3.63) is 78.0 Å². The second-order valence-corrected chi connectivity index (χ2v) is 12.2. The van der Waals surface area contributed by atoms with Gasteiger partial charge in [0.1, 0.15) is 5.75 Å². The maximum absolute atomic E-state index is 13.5. The fourth-order valence-electron chi connectivity index (χ4n) is 5.86. The lowest BCUT2D eigenvalue weighted by molar-refractivity contribution is -0.119. The van der Waals surface area contributed by atoms with Gasteiger partial charge < -0.3 is 15.0 Å². The van der Waals surface area contributed by atoms with Gasteiger partial charge in [0.25, 0.3) is 5.91 Å². The highest BCUT2D eigenvalue weighted by molar-refractivity contribution is 9.11. The quantitative estimate of drug-likeness (QED) is 0.341. The molecule has 2 aromatic carbocycles. The summed E-state index contributed by atoms with van der Waals surface area (Å²) < 4.78 is 7.57. The molecule has 0 radical (unpaired) electrons. The van der Waals surface area contributed by atoms with Crippen LogP contribution in [0.1, 0.15) is 62.5 Å². The molecule has 1 amide bonds. The van der Waals surface area contributed by atoms with Gasteiger partial charge in [-0.2, -0.15) is 0 Å². The fourth-order valence-corrected chi connectivity index (χ4v) is 7.41. The minimum Gasteiger partial charge on any atom is -0.482 e. The van der Waals surface area contributed by atoms with Crippen LogP contribution < -0.4 is 10.1 Å². The number of nitrogens with zero attached hydrogens (tertiary/aromatic N) is 1. The minimum absolute atomic E-state index is 0.0701. The van der Waals surface area contributed by atoms with Crippen LogP contribution in [0.4, 0.5) is 5.69 Å². The summed E-state index contributed by atoms with van der Waals surface area (Å²) in [5.74, 6) is -0.304. The number of amides is 1. The van der Waals surface area contributed by atoms with Crippen molar-refractivity contribution >= 4 is 66.6 Å². The summed E-state index contributed by atoms with van der Waals surface area (Å²) in [6.45, 7) is 4.41. The molecule has 2 aliphatic carbocycles. The summed E-state index contributed by atoms with van der Waals surface area (Å²) in [5.41, 5.74) is 5.60. The van der Waals surface area contributed by atoms with Crippen LogP contribution in [0, 0.1) is 6.92 Å². The third-order valence-corrected chi connectivity index (χ3v) is 9.01. The largest absolute Gasteiger partial charge is 0.482 e. The average Bonchev–Trinajstić information content (AvgIpc) is 2.89. The molecule has 5 rings (SSSR count). The molecular formula is C30H29Br2ClN2O4. The number of halogens is 3. The van der Waals surface area contributed by atoms with Crippen LogP contribution in [0.2, 0.25) is 5.02 Å². The molecule has 1 aliphatic heterocycles. The Morgan fingerprint density at radius 2 is 1.67 bits per heavy atom. The zero-order valence-corrected chi connectivity index (χ0v) is 25.8. The van der Waals surface area contributed by atoms with E-state index in [0.29, 0.717) is 57.0 Å². The number of anilines is 1. The first-order valence-electron chi connectivity index (χ1n) is 13.2. The lowest BCUT2D eigenvalue weighted by atomic mass is 9.70. The highest BCUT2D eigenvalue weighted by Crippen LogP contribution is 2.52. The van der Waals surface area contributed by atoms with Gasteiger partial charge in [-0.15, -0.1) is 0 Å². The maximum Gasteiger partial charge on any atom is 0.262 e. The predicted molar refractivity (Wildman–Crippen MR) is 159 cm³/mol. The molecule has 0 spiro atoms. The molecule has 0 atom stereocenters. The van der Waals surface area contributed by atoms with Gasteiger partial charge >= 0.3 is 0 Å². The number of rotatable bonds is 6. The second-order valence-electron chi connectivity index (χ2n) is 10.1. The zero-order chi connectivity index (χ0) is 27.8. The van der Waals surface area contributed by atoms with Crippen LogP contribution in [-0.2, 0) is 14.4 Å². The Labute approximate surface area is 250 Å². The van der Waals surface area contributed by atoms with Gasteiger partial charge in [0.05, 0.1) is 4.47 Å². The normalized spacial score (nSPS) is 17.8. The number of Topliss-reactive ketones (excluding diaryl/α,β-unsaturated/α-hetero) is 2. The van der Waals surface area contributed by atoms with Crippen LogP contribution in [0.25, 0.3) is 0 Å². The van der Waals surface area contributed by atoms with Gasteiger partial charge in [0.15, 0.2) is 18.2 Å². The number of hydrogen-bond acceptors (Lipinski definition) is 5. The molecule has 0 saturated heterocycles. The van der Waals surface area contributed by atoms with Crippen LogP contribution >= 0.6 is 43.5 Å². The van der Waals surface area contributed by atoms with E-state index < -0.39 is 5.92 Å². The summed E-state index contributed by atoms with van der Waals surface area (Å²) in [5, 5.41) is 3.38. The molecule has 0 unspecified atom stereocenters. The number of ether oxygens (including phenoxy) is 1. The SMILES string of the molecule is CCN1C2=C(C(=O)CCC2)C(c2cc(Br)cc(Br)c2OCC(=O)Nc2ccc(C)c(Cl)c2)C2=C1CCCC2=O. The van der Waals surface area contributed by atoms with Crippen molar-refractivity contribution in [1.82, 2.24) is 4.90 Å². The van der Waals surface area contributed by atoms with Crippen molar-refractivity contribution in [2.24, 2.45) is 0 Å². The molecular weight excluding hydrogens is 648 g/mol. The summed E-state index contributed by atoms with van der Waals surface area (Å²) in [4.78, 5) is 42.0. The van der Waals surface area contributed by atoms with Crippen LogP contribution in [0.3, 0.4) is 0 Å². The number of carbonyl (C=O) groups is 3. The van der Waals surface area contributed by atoms with Crippen molar-refractivity contribution in [3.8, 4) is 5.75 Å². The van der Waals surface area contributed by atoms with Crippen LogP contribution in [0.15, 0.2) is 61.8 Å². The topological polar surface area (TPSA) is 75.7 Å². The number of aryl methyl sites for hydroxylation is 1. The van der Waals surface area contributed by atoms with E-state index in [1.54, 1.807) is 12.1 Å². The number of allylic oxidation sites excluding steroid dienone is 4. The summed E-state index contributed by atoms with van der Waals surface area (Å²) in [6.07, 6.45) is 4.10. The van der Waals surface area contributed by atoms with Crippen LogP contribution in [0.5, 0.6) is 5.75 Å². The smallest absolute Gasteiger partial charge is 0.262 e. The molecule has 9 heteroatoms. The summed E-state index contributed by atoms with van der Waals surface area (Å²) in [6, 6.07) is 9.07. The van der Waals surface area contributed by atoms with E-state index in [9.17, 15) is 14.4 Å². The molecule has 204 valence electrons. The highest BCUT2D eigenvalue weighted by Gasteiger charge is 2.44. The van der Waals surface area contributed by atoms with Crippen molar-refractivity contribution in [2.75, 3.05) is 18.5 Å². The summed E-state index contributed by atoms with van der Waals surface area (Å²) >= 11 is 13.4. The summed E-state index contributed by atoms with van der Waals surface area (Å²) in [7, 11) is 0. The number of benzene rings is 2. The molecule has 0 aromatic heterocycles. The van der Waals surface area contributed by atoms with Crippen molar-refractivity contribution < 1.29 is 19.1 Å². The van der Waals surface area contributed by atoms with Crippen LogP contribution in [-0.4, -0.2) is 35.5 Å². The fraction of sp³-hybridized carbons (Fsp3) is 0.367. The van der Waals surface area contributed by atoms with Gasteiger partial charge in [-0.3, -0.25) is 14.4 Å². The van der Waals surface area contributed by atoms with Gasteiger partial charge in [0.2, 0.25) is 0 Å². The molecule has 6 nitrogen and oxygen atoms in total. The van der Waals surface area contributed by atoms with Crippen molar-refractivity contribution in [3.63, 3.8) is 0 Å². The molecule has 0 saturated carbocycles. The number of nitrogens with one attached hydrogen (secondary N) is 1. The minimum atomic E-state index is -0.541. The van der Waals surface area contributed by atoms with Gasteiger partial charge in [0, 0.05) is 68.6 Å². The predicted octanol–water partition coefficient (Wildman–Crippen LogP) is 7.62. The zero-order valence-electron chi connectivity index (χ0n) is 21.8. The van der Waals surface area contributed by atoms with Crippen molar-refractivity contribution in [1.29, 1.82) is 0 Å². The Hall–Kier alpha value is -2.42. The van der Waals surface area contributed by atoms with Crippen molar-refractivity contribution in [2.45, 2.75) is 58.3 Å². The lowest BCUT2D eigenvalue weighted by Crippen LogP contribution is -2.39. The molecule has 1 N–H and O–H groups in total. The Morgan fingerprint density at radius 1 is 1.03 bits per heavy atom. The maximum atomic E-state index is 13.5. The Bertz CT molecular complexity index is 1400. The molecule has 0 fully saturated rings. The Morgan fingerprint density at radius 3 is 2.26 bits per heavy atom. The molecule has 0 bridgehead atoms. The molecule has 2 aromatic rings. The first-order valence-corrected chi connectivity index (χ1v) is 15.1. The number of hydrogen-bond donors (Lipinski definition) is 1. The van der Waals surface area contributed by atoms with E-state index in [1.165, 1.54) is 0 Å². The monoisotopic (exact) mass is 674 g/mol. The van der Waals surface area contributed by atoms with E-state index in [0.717, 1.165) is 47.1 Å². The number of ketones is 2. The first-order chi connectivity index (χ1) is 18.7. The van der Waals surface area contributed by atoms with Gasteiger partial charge in [-0.25, -0.2) is 0 Å².